The van der Waals surface area contributed by atoms with E-state index in [4.69, 9.17) is 11.6 Å². The van der Waals surface area contributed by atoms with Crippen molar-refractivity contribution in [2.45, 2.75) is 12.8 Å². The van der Waals surface area contributed by atoms with E-state index in [0.717, 1.165) is 35.1 Å². The highest BCUT2D eigenvalue weighted by Crippen LogP contribution is 2.35. The molecule has 1 aromatic heterocycles. The fraction of sp³-hybridized carbons (Fsp3) is 0.143. The SMILES string of the molecule is C[C@@H]1CNc2ccc(Cl)cc2-n2c(-c3ccc4ccccc4c3)nnc21. The van der Waals surface area contributed by atoms with E-state index in [1.165, 1.54) is 10.8 Å². The molecule has 1 atom stereocenters. The van der Waals surface area contributed by atoms with Crippen LogP contribution in [0, 0.1) is 0 Å². The first kappa shape index (κ1) is 15.4. The van der Waals surface area contributed by atoms with Crippen LogP contribution in [0.15, 0.2) is 60.7 Å². The zero-order chi connectivity index (χ0) is 17.7. The third kappa shape index (κ3) is 2.37. The Balaban J connectivity index is 1.78. The Morgan fingerprint density at radius 2 is 1.85 bits per heavy atom. The summed E-state index contributed by atoms with van der Waals surface area (Å²) in [5, 5.41) is 15.6. The molecule has 0 saturated heterocycles. The van der Waals surface area contributed by atoms with Crippen LogP contribution < -0.4 is 5.32 Å². The lowest BCUT2D eigenvalue weighted by molar-refractivity contribution is 0.725. The Kier molecular flexibility index (Phi) is 3.47. The van der Waals surface area contributed by atoms with Crippen LogP contribution in [-0.2, 0) is 0 Å². The molecule has 0 unspecified atom stereocenters. The van der Waals surface area contributed by atoms with Crippen molar-refractivity contribution in [3.63, 3.8) is 0 Å². The lowest BCUT2D eigenvalue weighted by Crippen LogP contribution is -2.09. The van der Waals surface area contributed by atoms with Gasteiger partial charge in [-0.05, 0) is 35.0 Å². The largest absolute Gasteiger partial charge is 0.383 e. The molecule has 0 aliphatic carbocycles. The molecule has 1 aliphatic rings. The van der Waals surface area contributed by atoms with Crippen LogP contribution in [0.25, 0.3) is 27.8 Å². The molecule has 0 radical (unpaired) electrons. The fourth-order valence-electron chi connectivity index (χ4n) is 3.56. The highest BCUT2D eigenvalue weighted by molar-refractivity contribution is 6.30. The first-order valence-electron chi connectivity index (χ1n) is 8.69. The molecule has 0 saturated carbocycles. The average Bonchev–Trinajstić information content (AvgIpc) is 3.06. The summed E-state index contributed by atoms with van der Waals surface area (Å²) in [5.74, 6) is 2.02. The van der Waals surface area contributed by atoms with Gasteiger partial charge in [0.25, 0.3) is 0 Å². The highest BCUT2D eigenvalue weighted by Gasteiger charge is 2.25. The Bertz CT molecular complexity index is 1130. The molecule has 5 rings (SSSR count). The van der Waals surface area contributed by atoms with Crippen molar-refractivity contribution in [3.05, 3.63) is 71.5 Å². The number of hydrogen-bond donors (Lipinski definition) is 1. The van der Waals surface area contributed by atoms with Crippen molar-refractivity contribution >= 4 is 28.1 Å². The van der Waals surface area contributed by atoms with Crippen molar-refractivity contribution in [1.29, 1.82) is 0 Å². The van der Waals surface area contributed by atoms with Crippen molar-refractivity contribution in [2.24, 2.45) is 0 Å². The van der Waals surface area contributed by atoms with Gasteiger partial charge in [0.2, 0.25) is 0 Å². The van der Waals surface area contributed by atoms with E-state index in [2.05, 4.69) is 69.5 Å². The smallest absolute Gasteiger partial charge is 0.168 e. The van der Waals surface area contributed by atoms with Gasteiger partial charge in [-0.3, -0.25) is 4.57 Å². The number of fused-ring (bicyclic) bond motifs is 4. The Morgan fingerprint density at radius 3 is 2.73 bits per heavy atom. The number of benzene rings is 3. The number of nitrogens with one attached hydrogen (secondary N) is 1. The summed E-state index contributed by atoms with van der Waals surface area (Å²) in [4.78, 5) is 0. The van der Waals surface area contributed by atoms with Gasteiger partial charge in [0.15, 0.2) is 5.82 Å². The maximum atomic E-state index is 6.29. The highest BCUT2D eigenvalue weighted by atomic mass is 35.5. The summed E-state index contributed by atoms with van der Waals surface area (Å²) in [5.41, 5.74) is 3.08. The Morgan fingerprint density at radius 1 is 1.00 bits per heavy atom. The minimum absolute atomic E-state index is 0.239. The second-order valence-electron chi connectivity index (χ2n) is 6.72. The summed E-state index contributed by atoms with van der Waals surface area (Å²) in [6, 6.07) is 20.6. The number of anilines is 1. The van der Waals surface area contributed by atoms with Gasteiger partial charge in [0.1, 0.15) is 5.82 Å². The third-order valence-electron chi connectivity index (χ3n) is 4.94. The zero-order valence-corrected chi connectivity index (χ0v) is 15.0. The van der Waals surface area contributed by atoms with Gasteiger partial charge >= 0.3 is 0 Å². The number of nitrogens with zero attached hydrogens (tertiary/aromatic N) is 3. The molecular weight excluding hydrogens is 344 g/mol. The summed E-state index contributed by atoms with van der Waals surface area (Å²) < 4.78 is 2.13. The van der Waals surface area contributed by atoms with Gasteiger partial charge in [-0.1, -0.05) is 54.9 Å². The van der Waals surface area contributed by atoms with Crippen LogP contribution in [0.5, 0.6) is 0 Å². The van der Waals surface area contributed by atoms with Crippen molar-refractivity contribution in [3.8, 4) is 17.1 Å². The van der Waals surface area contributed by atoms with Crippen LogP contribution in [0.3, 0.4) is 0 Å². The van der Waals surface area contributed by atoms with Gasteiger partial charge in [0, 0.05) is 23.0 Å². The molecule has 26 heavy (non-hydrogen) atoms. The van der Waals surface area contributed by atoms with Crippen molar-refractivity contribution in [2.75, 3.05) is 11.9 Å². The molecule has 0 spiro atoms. The lowest BCUT2D eigenvalue weighted by atomic mass is 10.1. The van der Waals surface area contributed by atoms with Crippen molar-refractivity contribution in [1.82, 2.24) is 14.8 Å². The summed E-state index contributed by atoms with van der Waals surface area (Å²) in [7, 11) is 0. The quantitative estimate of drug-likeness (QED) is 0.503. The van der Waals surface area contributed by atoms with E-state index in [-0.39, 0.29) is 5.92 Å². The monoisotopic (exact) mass is 360 g/mol. The first-order chi connectivity index (χ1) is 12.7. The molecule has 4 aromatic rings. The minimum atomic E-state index is 0.239. The van der Waals surface area contributed by atoms with Crippen LogP contribution in [0.2, 0.25) is 5.02 Å². The van der Waals surface area contributed by atoms with Gasteiger partial charge in [-0.15, -0.1) is 10.2 Å². The van der Waals surface area contributed by atoms with E-state index in [0.29, 0.717) is 5.02 Å². The summed E-state index contributed by atoms with van der Waals surface area (Å²) >= 11 is 6.29. The second kappa shape index (κ2) is 5.85. The van der Waals surface area contributed by atoms with E-state index in [1.54, 1.807) is 0 Å². The maximum Gasteiger partial charge on any atom is 0.168 e. The van der Waals surface area contributed by atoms with Gasteiger partial charge < -0.3 is 5.32 Å². The zero-order valence-electron chi connectivity index (χ0n) is 14.3. The average molecular weight is 361 g/mol. The molecule has 0 bridgehead atoms. The standard InChI is InChI=1S/C21H17ClN4/c1-13-12-23-18-9-8-17(22)11-19(18)26-20(13)24-25-21(26)16-7-6-14-4-2-3-5-15(14)10-16/h2-11,13,23H,12H2,1H3/t13-/m1/s1. The van der Waals surface area contributed by atoms with Gasteiger partial charge in [-0.25, -0.2) is 0 Å². The lowest BCUT2D eigenvalue weighted by Gasteiger charge is -2.13. The van der Waals surface area contributed by atoms with Gasteiger partial charge in [0.05, 0.1) is 11.4 Å². The predicted molar refractivity (Wildman–Crippen MR) is 106 cm³/mol. The van der Waals surface area contributed by atoms with E-state index in [9.17, 15) is 0 Å². The molecule has 3 aromatic carbocycles. The minimum Gasteiger partial charge on any atom is -0.383 e. The maximum absolute atomic E-state index is 6.29. The number of rotatable bonds is 1. The van der Waals surface area contributed by atoms with Crippen LogP contribution in [0.1, 0.15) is 18.7 Å². The number of aromatic nitrogens is 3. The molecule has 0 amide bonds. The molecule has 4 nitrogen and oxygen atoms in total. The Hall–Kier alpha value is -2.85. The van der Waals surface area contributed by atoms with Crippen molar-refractivity contribution < 1.29 is 0 Å². The topological polar surface area (TPSA) is 42.7 Å². The summed E-state index contributed by atoms with van der Waals surface area (Å²) in [6.07, 6.45) is 0. The van der Waals surface area contributed by atoms with Gasteiger partial charge in [-0.2, -0.15) is 0 Å². The first-order valence-corrected chi connectivity index (χ1v) is 9.07. The normalized spacial score (nSPS) is 15.8. The fourth-order valence-corrected chi connectivity index (χ4v) is 3.73. The van der Waals surface area contributed by atoms with Crippen LogP contribution >= 0.6 is 11.6 Å². The molecular formula is C21H17ClN4. The third-order valence-corrected chi connectivity index (χ3v) is 5.17. The number of halogens is 1. The second-order valence-corrected chi connectivity index (χ2v) is 7.16. The molecule has 5 heteroatoms. The Labute approximate surface area is 156 Å². The molecule has 1 aliphatic heterocycles. The van der Waals surface area contributed by atoms with Crippen LogP contribution in [0.4, 0.5) is 5.69 Å². The molecule has 0 fully saturated rings. The summed E-state index contributed by atoms with van der Waals surface area (Å²) in [6.45, 7) is 2.97. The molecule has 2 heterocycles. The number of hydrogen-bond acceptors (Lipinski definition) is 3. The van der Waals surface area contributed by atoms with E-state index >= 15 is 0 Å². The van der Waals surface area contributed by atoms with Crippen LogP contribution in [-0.4, -0.2) is 21.3 Å². The van der Waals surface area contributed by atoms with E-state index in [1.807, 2.05) is 18.2 Å². The molecule has 1 N–H and O–H groups in total. The predicted octanol–water partition coefficient (Wildman–Crippen LogP) is 5.27. The van der Waals surface area contributed by atoms with E-state index < -0.39 is 0 Å². The molecule has 128 valence electrons.